The zero-order chi connectivity index (χ0) is 23.0. The van der Waals surface area contributed by atoms with Gasteiger partial charge >= 0.3 is 5.97 Å². The molecule has 8 heteroatoms. The molecule has 0 fully saturated rings. The minimum Gasteiger partial charge on any atom is -0.488 e. The maximum atomic E-state index is 13.2. The van der Waals surface area contributed by atoms with Crippen LogP contribution in [0.2, 0.25) is 10.0 Å². The van der Waals surface area contributed by atoms with Crippen LogP contribution in [0.3, 0.4) is 0 Å². The molecule has 1 aromatic carbocycles. The largest absolute Gasteiger partial charge is 0.488 e. The van der Waals surface area contributed by atoms with E-state index in [4.69, 9.17) is 27.9 Å². The molecule has 0 bridgehead atoms. The maximum absolute atomic E-state index is 13.2. The number of carboxylic acids is 1. The lowest BCUT2D eigenvalue weighted by Gasteiger charge is -2.43. The highest BCUT2D eigenvalue weighted by atomic mass is 35.5. The standard InChI is InChI=1S/C24H23Cl2NO5/c1-2-9-32-24-14(10-13(25)11-15(24)26)21-22-16(5-3-7-18(22)28)27(12-20(30)31)17-6-4-8-19(29)23(17)21/h2,10-11,21H,1,3-9,12H2,(H,30,31). The lowest BCUT2D eigenvalue weighted by molar-refractivity contribution is -0.138. The summed E-state index contributed by atoms with van der Waals surface area (Å²) in [5.74, 6) is -1.55. The molecule has 0 saturated heterocycles. The van der Waals surface area contributed by atoms with Crippen molar-refractivity contribution in [1.82, 2.24) is 4.90 Å². The van der Waals surface area contributed by atoms with Gasteiger partial charge in [-0.2, -0.15) is 0 Å². The Kier molecular flexibility index (Phi) is 6.45. The first-order valence-corrected chi connectivity index (χ1v) is 11.3. The number of nitrogens with zero attached hydrogens (tertiary/aromatic N) is 1. The van der Waals surface area contributed by atoms with Crippen LogP contribution in [-0.2, 0) is 14.4 Å². The molecule has 1 heterocycles. The van der Waals surface area contributed by atoms with Crippen LogP contribution in [0, 0.1) is 0 Å². The molecule has 0 unspecified atom stereocenters. The summed E-state index contributed by atoms with van der Waals surface area (Å²) in [6, 6.07) is 3.24. The maximum Gasteiger partial charge on any atom is 0.323 e. The van der Waals surface area contributed by atoms with E-state index in [1.54, 1.807) is 23.1 Å². The van der Waals surface area contributed by atoms with Crippen LogP contribution < -0.4 is 4.74 Å². The number of rotatable bonds is 6. The van der Waals surface area contributed by atoms with Gasteiger partial charge in [-0.05, 0) is 37.8 Å². The minimum atomic E-state index is -1.01. The number of benzene rings is 1. The lowest BCUT2D eigenvalue weighted by Crippen LogP contribution is -2.41. The Balaban J connectivity index is 2.01. The van der Waals surface area contributed by atoms with Crippen molar-refractivity contribution < 1.29 is 24.2 Å². The molecule has 2 aliphatic carbocycles. The van der Waals surface area contributed by atoms with Gasteiger partial charge < -0.3 is 14.7 Å². The van der Waals surface area contributed by atoms with Gasteiger partial charge in [0.05, 0.1) is 5.02 Å². The summed E-state index contributed by atoms with van der Waals surface area (Å²) < 4.78 is 5.86. The predicted octanol–water partition coefficient (Wildman–Crippen LogP) is 5.06. The monoisotopic (exact) mass is 475 g/mol. The number of hydrogen-bond acceptors (Lipinski definition) is 5. The molecule has 168 valence electrons. The third-order valence-electron chi connectivity index (χ3n) is 6.07. The summed E-state index contributed by atoms with van der Waals surface area (Å²) in [6.45, 7) is 3.57. The minimum absolute atomic E-state index is 0.0951. The third-order valence-corrected chi connectivity index (χ3v) is 6.57. The number of hydrogen-bond donors (Lipinski definition) is 1. The molecule has 0 aromatic heterocycles. The second-order valence-electron chi connectivity index (χ2n) is 8.09. The van der Waals surface area contributed by atoms with Crippen molar-refractivity contribution in [3.8, 4) is 5.75 Å². The van der Waals surface area contributed by atoms with Crippen LogP contribution >= 0.6 is 23.2 Å². The molecule has 0 atom stereocenters. The summed E-state index contributed by atoms with van der Waals surface area (Å²) in [6.07, 6.45) is 4.64. The average Bonchev–Trinajstić information content (AvgIpc) is 2.73. The van der Waals surface area contributed by atoms with Crippen LogP contribution in [-0.4, -0.2) is 40.7 Å². The Hall–Kier alpha value is -2.57. The fourth-order valence-corrected chi connectivity index (χ4v) is 5.51. The summed E-state index contributed by atoms with van der Waals surface area (Å²) in [4.78, 5) is 39.8. The van der Waals surface area contributed by atoms with Gasteiger partial charge in [0.25, 0.3) is 0 Å². The second-order valence-corrected chi connectivity index (χ2v) is 8.94. The molecule has 0 saturated carbocycles. The van der Waals surface area contributed by atoms with Crippen LogP contribution in [0.4, 0.5) is 0 Å². The highest BCUT2D eigenvalue weighted by molar-refractivity contribution is 6.35. The van der Waals surface area contributed by atoms with Gasteiger partial charge in [0.1, 0.15) is 18.9 Å². The number of carbonyl (C=O) groups excluding carboxylic acids is 2. The molecule has 3 aliphatic rings. The molecule has 1 aromatic rings. The summed E-state index contributed by atoms with van der Waals surface area (Å²) in [5.41, 5.74) is 2.80. The molecule has 1 aliphatic heterocycles. The number of allylic oxidation sites excluding steroid dienone is 4. The van der Waals surface area contributed by atoms with E-state index in [-0.39, 0.29) is 29.7 Å². The SMILES string of the molecule is C=CCOc1c(Cl)cc(Cl)cc1C1C2=C(CCCC2=O)N(CC(=O)O)C2=C1C(=O)CCC2. The summed E-state index contributed by atoms with van der Waals surface area (Å²) >= 11 is 12.8. The smallest absolute Gasteiger partial charge is 0.323 e. The van der Waals surface area contributed by atoms with Crippen molar-refractivity contribution in [2.24, 2.45) is 0 Å². The zero-order valence-corrected chi connectivity index (χ0v) is 19.0. The number of ketones is 2. The highest BCUT2D eigenvalue weighted by Gasteiger charge is 2.44. The fraction of sp³-hybridized carbons (Fsp3) is 0.375. The van der Waals surface area contributed by atoms with Gasteiger partial charge in [0.15, 0.2) is 11.6 Å². The van der Waals surface area contributed by atoms with Gasteiger partial charge in [-0.3, -0.25) is 14.4 Å². The van der Waals surface area contributed by atoms with Crippen molar-refractivity contribution in [2.75, 3.05) is 13.2 Å². The Morgan fingerprint density at radius 2 is 1.69 bits per heavy atom. The average molecular weight is 476 g/mol. The first-order valence-electron chi connectivity index (χ1n) is 10.6. The van der Waals surface area contributed by atoms with Gasteiger partial charge in [0.2, 0.25) is 0 Å². The molecule has 6 nitrogen and oxygen atoms in total. The van der Waals surface area contributed by atoms with E-state index in [2.05, 4.69) is 6.58 Å². The van der Waals surface area contributed by atoms with Crippen molar-refractivity contribution >= 4 is 40.7 Å². The molecule has 4 rings (SSSR count). The van der Waals surface area contributed by atoms with Gasteiger partial charge in [-0.1, -0.05) is 35.9 Å². The van der Waals surface area contributed by atoms with E-state index in [1.807, 2.05) is 0 Å². The first-order chi connectivity index (χ1) is 15.3. The van der Waals surface area contributed by atoms with E-state index in [9.17, 15) is 19.5 Å². The van der Waals surface area contributed by atoms with Crippen LogP contribution in [0.25, 0.3) is 0 Å². The molecule has 32 heavy (non-hydrogen) atoms. The second kappa shape index (κ2) is 9.12. The normalized spacial score (nSPS) is 19.1. The Morgan fingerprint density at radius 1 is 1.09 bits per heavy atom. The number of aliphatic carboxylic acids is 1. The number of halogens is 2. The van der Waals surface area contributed by atoms with E-state index in [0.29, 0.717) is 77.4 Å². The van der Waals surface area contributed by atoms with E-state index >= 15 is 0 Å². The molecule has 0 spiro atoms. The van der Waals surface area contributed by atoms with Crippen LogP contribution in [0.1, 0.15) is 50.0 Å². The molecule has 0 radical (unpaired) electrons. The summed E-state index contributed by atoms with van der Waals surface area (Å²) in [7, 11) is 0. The Morgan fingerprint density at radius 3 is 2.22 bits per heavy atom. The zero-order valence-electron chi connectivity index (χ0n) is 17.5. The number of carboxylic acid groups (broad SMARTS) is 1. The topological polar surface area (TPSA) is 83.9 Å². The summed E-state index contributed by atoms with van der Waals surface area (Å²) in [5, 5.41) is 10.2. The van der Waals surface area contributed by atoms with E-state index < -0.39 is 11.9 Å². The Bertz CT molecular complexity index is 1040. The fourth-order valence-electron chi connectivity index (χ4n) is 4.94. The van der Waals surface area contributed by atoms with E-state index in [0.717, 1.165) is 0 Å². The lowest BCUT2D eigenvalue weighted by atomic mass is 9.70. The number of Topliss-reactive ketones (excluding diaryl/α,β-unsaturated/α-hetero) is 2. The first kappa shape index (κ1) is 22.6. The third kappa shape index (κ3) is 3.97. The Labute approximate surface area is 196 Å². The van der Waals surface area contributed by atoms with Gasteiger partial charge in [0, 0.05) is 51.9 Å². The van der Waals surface area contributed by atoms with Crippen LogP contribution in [0.5, 0.6) is 5.75 Å². The quantitative estimate of drug-likeness (QED) is 0.579. The van der Waals surface area contributed by atoms with E-state index in [1.165, 1.54) is 0 Å². The van der Waals surface area contributed by atoms with Crippen molar-refractivity contribution in [1.29, 1.82) is 0 Å². The molecular formula is C24H23Cl2NO5. The highest BCUT2D eigenvalue weighted by Crippen LogP contribution is 2.52. The van der Waals surface area contributed by atoms with Crippen LogP contribution in [0.15, 0.2) is 47.3 Å². The molecule has 0 amide bonds. The molecular weight excluding hydrogens is 453 g/mol. The van der Waals surface area contributed by atoms with Crippen molar-refractivity contribution in [2.45, 2.75) is 44.4 Å². The van der Waals surface area contributed by atoms with Crippen molar-refractivity contribution in [3.63, 3.8) is 0 Å². The van der Waals surface area contributed by atoms with Crippen molar-refractivity contribution in [3.05, 3.63) is 62.9 Å². The van der Waals surface area contributed by atoms with Gasteiger partial charge in [-0.15, -0.1) is 0 Å². The van der Waals surface area contributed by atoms with Gasteiger partial charge in [-0.25, -0.2) is 0 Å². The number of carbonyl (C=O) groups is 3. The predicted molar refractivity (Wildman–Crippen MR) is 121 cm³/mol. The molecule has 1 N–H and O–H groups in total. The number of ether oxygens (including phenoxy) is 1.